The van der Waals surface area contributed by atoms with Crippen LogP contribution in [0.1, 0.15) is 30.2 Å². The van der Waals surface area contributed by atoms with Crippen LogP contribution >= 0.6 is 22.7 Å². The van der Waals surface area contributed by atoms with Crippen LogP contribution < -0.4 is 10.1 Å². The molecule has 0 aliphatic carbocycles. The van der Waals surface area contributed by atoms with Gasteiger partial charge in [0.15, 0.2) is 0 Å². The van der Waals surface area contributed by atoms with E-state index < -0.39 is 5.41 Å². The fourth-order valence-electron chi connectivity index (χ4n) is 2.72. The number of amides is 1. The van der Waals surface area contributed by atoms with Crippen molar-refractivity contribution in [2.24, 2.45) is 5.41 Å². The summed E-state index contributed by atoms with van der Waals surface area (Å²) in [5.41, 5.74) is 1.98. The summed E-state index contributed by atoms with van der Waals surface area (Å²) in [4.78, 5) is 14.0. The summed E-state index contributed by atoms with van der Waals surface area (Å²) in [5, 5.41) is 11.0. The van der Waals surface area contributed by atoms with E-state index in [4.69, 9.17) is 7.85 Å². The minimum Gasteiger partial charge on any atom is -0.300 e. The van der Waals surface area contributed by atoms with Crippen molar-refractivity contribution in [3.05, 3.63) is 58.4 Å². The normalized spacial score (nSPS) is 12.8. The van der Waals surface area contributed by atoms with Crippen LogP contribution in [0.5, 0.6) is 0 Å². The fraction of sp³-hybridized carbons (Fsp3) is 0.235. The lowest BCUT2D eigenvalue weighted by molar-refractivity contribution is -0.124. The Bertz CT molecular complexity index is 816. The lowest BCUT2D eigenvalue weighted by Gasteiger charge is -2.32. The third kappa shape index (κ3) is 3.42. The maximum absolute atomic E-state index is 12.9. The van der Waals surface area contributed by atoms with Crippen LogP contribution in [-0.2, 0) is 4.79 Å². The van der Waals surface area contributed by atoms with Crippen molar-refractivity contribution in [2.45, 2.75) is 19.8 Å². The monoisotopic (exact) mass is 353 g/mol. The number of thiophene rings is 1. The molecule has 1 N–H and O–H groups in total. The van der Waals surface area contributed by atoms with E-state index in [9.17, 15) is 4.79 Å². The number of anilines is 1. The van der Waals surface area contributed by atoms with Gasteiger partial charge in [0.1, 0.15) is 13.4 Å². The first-order valence-corrected chi connectivity index (χ1v) is 9.16. The van der Waals surface area contributed by atoms with Crippen LogP contribution in [0.3, 0.4) is 0 Å². The molecule has 1 aromatic carbocycles. The van der Waals surface area contributed by atoms with Gasteiger partial charge in [-0.1, -0.05) is 61.6 Å². The average Bonchev–Trinajstić information content (AvgIpc) is 3.20. The molecule has 1 amide bonds. The van der Waals surface area contributed by atoms with Gasteiger partial charge in [-0.2, -0.15) is 11.3 Å². The zero-order valence-electron chi connectivity index (χ0n) is 13.4. The van der Waals surface area contributed by atoms with Gasteiger partial charge in [-0.25, -0.2) is 0 Å². The first-order chi connectivity index (χ1) is 11.5. The molecule has 2 radical (unpaired) electrons. The molecule has 2 heterocycles. The molecule has 0 spiro atoms. The number of benzene rings is 1. The SMILES string of the molecule is [B]c1ccc(C(c2ccccc2)C(C)(C)C(=O)Nc2nncs2)s1. The molecule has 4 nitrogen and oxygen atoms in total. The Morgan fingerprint density at radius 3 is 2.54 bits per heavy atom. The summed E-state index contributed by atoms with van der Waals surface area (Å²) < 4.78 is 0.742. The highest BCUT2D eigenvalue weighted by atomic mass is 32.1. The Labute approximate surface area is 150 Å². The summed E-state index contributed by atoms with van der Waals surface area (Å²) in [6, 6.07) is 13.9. The summed E-state index contributed by atoms with van der Waals surface area (Å²) in [5.74, 6) is -0.200. The average molecular weight is 353 g/mol. The van der Waals surface area contributed by atoms with E-state index in [0.717, 1.165) is 15.2 Å². The number of carbonyl (C=O) groups is 1. The highest BCUT2D eigenvalue weighted by Crippen LogP contribution is 2.43. The van der Waals surface area contributed by atoms with E-state index in [1.54, 1.807) is 5.51 Å². The van der Waals surface area contributed by atoms with Crippen molar-refractivity contribution < 1.29 is 4.79 Å². The van der Waals surface area contributed by atoms with Crippen LogP contribution in [0.2, 0.25) is 0 Å². The van der Waals surface area contributed by atoms with Gasteiger partial charge >= 0.3 is 0 Å². The van der Waals surface area contributed by atoms with Crippen LogP contribution in [-0.4, -0.2) is 24.0 Å². The van der Waals surface area contributed by atoms with Crippen molar-refractivity contribution in [2.75, 3.05) is 5.32 Å². The Morgan fingerprint density at radius 1 is 1.21 bits per heavy atom. The molecule has 2 aromatic heterocycles. The summed E-state index contributed by atoms with van der Waals surface area (Å²) in [6.45, 7) is 3.88. The zero-order chi connectivity index (χ0) is 17.2. The van der Waals surface area contributed by atoms with Crippen LogP contribution in [0.15, 0.2) is 48.0 Å². The van der Waals surface area contributed by atoms with Gasteiger partial charge in [-0.05, 0) is 16.4 Å². The van der Waals surface area contributed by atoms with Gasteiger partial charge in [-0.3, -0.25) is 4.79 Å². The maximum atomic E-state index is 12.9. The molecule has 7 heteroatoms. The Hall–Kier alpha value is -1.99. The molecular formula is C17H16BN3OS2. The molecule has 0 bridgehead atoms. The van der Waals surface area contributed by atoms with Gasteiger partial charge in [0.25, 0.3) is 0 Å². The summed E-state index contributed by atoms with van der Waals surface area (Å²) >= 11 is 2.82. The number of rotatable bonds is 5. The predicted molar refractivity (Wildman–Crippen MR) is 100 cm³/mol. The Morgan fingerprint density at radius 2 is 1.96 bits per heavy atom. The minimum absolute atomic E-state index is 0.0972. The topological polar surface area (TPSA) is 54.9 Å². The van der Waals surface area contributed by atoms with Gasteiger partial charge < -0.3 is 5.32 Å². The van der Waals surface area contributed by atoms with Crippen molar-refractivity contribution in [1.29, 1.82) is 0 Å². The van der Waals surface area contributed by atoms with Crippen LogP contribution in [0.25, 0.3) is 0 Å². The summed E-state index contributed by atoms with van der Waals surface area (Å²) in [7, 11) is 5.92. The first kappa shape index (κ1) is 16.9. The van der Waals surface area contributed by atoms with Gasteiger partial charge in [0, 0.05) is 10.8 Å². The smallest absolute Gasteiger partial charge is 0.232 e. The van der Waals surface area contributed by atoms with E-state index in [1.807, 2.05) is 56.3 Å². The third-order valence-electron chi connectivity index (χ3n) is 3.95. The molecule has 120 valence electrons. The summed E-state index contributed by atoms with van der Waals surface area (Å²) in [6.07, 6.45) is 0. The molecular weight excluding hydrogens is 337 g/mol. The van der Waals surface area contributed by atoms with E-state index in [1.165, 1.54) is 22.7 Å². The van der Waals surface area contributed by atoms with Crippen molar-refractivity contribution in [3.63, 3.8) is 0 Å². The zero-order valence-corrected chi connectivity index (χ0v) is 15.0. The van der Waals surface area contributed by atoms with Crippen molar-refractivity contribution in [1.82, 2.24) is 10.2 Å². The lowest BCUT2D eigenvalue weighted by atomic mass is 9.73. The van der Waals surface area contributed by atoms with E-state index in [2.05, 4.69) is 15.5 Å². The molecule has 0 saturated carbocycles. The molecule has 0 aliphatic rings. The molecule has 1 atom stereocenters. The number of carbonyl (C=O) groups excluding carboxylic acids is 1. The first-order valence-electron chi connectivity index (χ1n) is 7.46. The predicted octanol–water partition coefficient (Wildman–Crippen LogP) is 3.19. The molecule has 3 rings (SSSR count). The number of nitrogens with one attached hydrogen (secondary N) is 1. The second-order valence-electron chi connectivity index (χ2n) is 6.00. The van der Waals surface area contributed by atoms with Crippen molar-refractivity contribution in [3.8, 4) is 0 Å². The number of hydrogen-bond donors (Lipinski definition) is 1. The lowest BCUT2D eigenvalue weighted by Crippen LogP contribution is -2.36. The Balaban J connectivity index is 1.99. The fourth-order valence-corrected chi connectivity index (χ4v) is 4.26. The molecule has 3 aromatic rings. The van der Waals surface area contributed by atoms with E-state index >= 15 is 0 Å². The number of nitrogens with zero attached hydrogens (tertiary/aromatic N) is 2. The van der Waals surface area contributed by atoms with E-state index in [-0.39, 0.29) is 11.8 Å². The highest BCUT2D eigenvalue weighted by Gasteiger charge is 2.39. The quantitative estimate of drug-likeness (QED) is 0.717. The number of hydrogen-bond acceptors (Lipinski definition) is 5. The second kappa shape index (κ2) is 6.87. The molecule has 0 fully saturated rings. The highest BCUT2D eigenvalue weighted by molar-refractivity contribution is 7.20. The van der Waals surface area contributed by atoms with Crippen LogP contribution in [0, 0.1) is 5.41 Å². The van der Waals surface area contributed by atoms with Gasteiger partial charge in [-0.15, -0.1) is 10.2 Å². The largest absolute Gasteiger partial charge is 0.300 e. The standard InChI is InChI=1S/C17H16BN3OS2/c1-17(2,15(22)20-16-21-19-10-23-16)14(11-6-4-3-5-7-11)12-8-9-13(18)24-12/h3-10,14H,1-2H3,(H,20,21,22). The molecule has 0 aliphatic heterocycles. The minimum atomic E-state index is -0.690. The second-order valence-corrected chi connectivity index (χ2v) is 7.98. The number of aromatic nitrogens is 2. The molecule has 1 unspecified atom stereocenters. The Kier molecular flexibility index (Phi) is 4.82. The molecule has 0 saturated heterocycles. The molecule has 24 heavy (non-hydrogen) atoms. The van der Waals surface area contributed by atoms with Gasteiger partial charge in [0.2, 0.25) is 11.0 Å². The van der Waals surface area contributed by atoms with Crippen LogP contribution in [0.4, 0.5) is 5.13 Å². The van der Waals surface area contributed by atoms with Crippen molar-refractivity contribution >= 4 is 46.3 Å². The van der Waals surface area contributed by atoms with Gasteiger partial charge in [0.05, 0.1) is 5.41 Å². The van der Waals surface area contributed by atoms with E-state index in [0.29, 0.717) is 5.13 Å². The third-order valence-corrected chi connectivity index (χ3v) is 5.54. The maximum Gasteiger partial charge on any atom is 0.232 e.